The van der Waals surface area contributed by atoms with Gasteiger partial charge in [0.2, 0.25) is 5.91 Å². The molecular formula is C16H20ClNO2. The molecule has 1 N–H and O–H groups in total. The van der Waals surface area contributed by atoms with Crippen molar-refractivity contribution in [2.24, 2.45) is 5.41 Å². The van der Waals surface area contributed by atoms with Gasteiger partial charge in [-0.3, -0.25) is 4.79 Å². The standard InChI is InChI=1S/C16H20ClNO2/c1-20-11-15(7-4-8-15)14(19)18-16(9-10-16)12-5-2-3-6-13(12)17/h2-3,5-6H,4,7-11H2,1H3,(H,18,19). The maximum Gasteiger partial charge on any atom is 0.229 e. The molecule has 0 bridgehead atoms. The molecule has 0 heterocycles. The van der Waals surface area contributed by atoms with Crippen LogP contribution in [0.15, 0.2) is 24.3 Å². The zero-order valence-corrected chi connectivity index (χ0v) is 12.5. The number of benzene rings is 1. The predicted octanol–water partition coefficient (Wildman–Crippen LogP) is 3.26. The van der Waals surface area contributed by atoms with Gasteiger partial charge in [-0.1, -0.05) is 36.2 Å². The van der Waals surface area contributed by atoms with Gasteiger partial charge in [-0.2, -0.15) is 0 Å². The summed E-state index contributed by atoms with van der Waals surface area (Å²) in [5.41, 5.74) is 0.485. The van der Waals surface area contributed by atoms with Gasteiger partial charge in [0.15, 0.2) is 0 Å². The molecule has 0 radical (unpaired) electrons. The highest BCUT2D eigenvalue weighted by atomic mass is 35.5. The van der Waals surface area contributed by atoms with Crippen LogP contribution in [0.1, 0.15) is 37.7 Å². The zero-order valence-electron chi connectivity index (χ0n) is 11.7. The van der Waals surface area contributed by atoms with Gasteiger partial charge in [0, 0.05) is 12.1 Å². The Labute approximate surface area is 124 Å². The van der Waals surface area contributed by atoms with Crippen molar-refractivity contribution < 1.29 is 9.53 Å². The van der Waals surface area contributed by atoms with Crippen molar-refractivity contribution in [3.05, 3.63) is 34.9 Å². The lowest BCUT2D eigenvalue weighted by Crippen LogP contribution is -2.51. The molecule has 3 rings (SSSR count). The molecule has 0 aromatic heterocycles. The first-order chi connectivity index (χ1) is 9.62. The predicted molar refractivity (Wildman–Crippen MR) is 78.7 cm³/mol. The van der Waals surface area contributed by atoms with Crippen molar-refractivity contribution in [2.45, 2.75) is 37.6 Å². The molecule has 3 nitrogen and oxygen atoms in total. The Morgan fingerprint density at radius 3 is 2.50 bits per heavy atom. The maximum atomic E-state index is 12.6. The molecule has 2 aliphatic carbocycles. The number of carbonyl (C=O) groups excluding carboxylic acids is 1. The van der Waals surface area contributed by atoms with Gasteiger partial charge < -0.3 is 10.1 Å². The number of nitrogens with one attached hydrogen (secondary N) is 1. The number of rotatable bonds is 5. The van der Waals surface area contributed by atoms with Crippen molar-refractivity contribution in [1.29, 1.82) is 0 Å². The Morgan fingerprint density at radius 2 is 2.00 bits per heavy atom. The van der Waals surface area contributed by atoms with Crippen LogP contribution in [-0.2, 0) is 15.1 Å². The molecule has 1 aromatic rings. The highest BCUT2D eigenvalue weighted by molar-refractivity contribution is 6.31. The molecule has 0 atom stereocenters. The van der Waals surface area contributed by atoms with E-state index < -0.39 is 0 Å². The summed E-state index contributed by atoms with van der Waals surface area (Å²) in [6, 6.07) is 7.79. The summed E-state index contributed by atoms with van der Waals surface area (Å²) in [6.07, 6.45) is 4.88. The van der Waals surface area contributed by atoms with E-state index in [1.807, 2.05) is 24.3 Å². The molecule has 0 spiro atoms. The maximum absolute atomic E-state index is 12.6. The largest absolute Gasteiger partial charge is 0.384 e. The first-order valence-electron chi connectivity index (χ1n) is 7.19. The molecule has 0 unspecified atom stereocenters. The lowest BCUT2D eigenvalue weighted by Gasteiger charge is -2.40. The van der Waals surface area contributed by atoms with Gasteiger partial charge in [-0.15, -0.1) is 0 Å². The lowest BCUT2D eigenvalue weighted by molar-refractivity contribution is -0.141. The second-order valence-corrected chi connectivity index (χ2v) is 6.49. The fraction of sp³-hybridized carbons (Fsp3) is 0.562. The van der Waals surface area contributed by atoms with Gasteiger partial charge in [0.1, 0.15) is 0 Å². The number of methoxy groups -OCH3 is 1. The van der Waals surface area contributed by atoms with Crippen LogP contribution in [0.5, 0.6) is 0 Å². The molecule has 2 saturated carbocycles. The third kappa shape index (κ3) is 2.23. The second-order valence-electron chi connectivity index (χ2n) is 6.08. The van der Waals surface area contributed by atoms with Crippen molar-refractivity contribution in [3.8, 4) is 0 Å². The summed E-state index contributed by atoms with van der Waals surface area (Å²) in [5, 5.41) is 3.98. The monoisotopic (exact) mass is 293 g/mol. The number of ether oxygens (including phenoxy) is 1. The molecule has 2 fully saturated rings. The minimum atomic E-state index is -0.314. The van der Waals surface area contributed by atoms with Crippen LogP contribution in [-0.4, -0.2) is 19.6 Å². The van der Waals surface area contributed by atoms with Crippen LogP contribution in [0.3, 0.4) is 0 Å². The summed E-state index contributed by atoms with van der Waals surface area (Å²) < 4.78 is 5.25. The quantitative estimate of drug-likeness (QED) is 0.905. The Hall–Kier alpha value is -1.06. The number of amides is 1. The van der Waals surface area contributed by atoms with Crippen molar-refractivity contribution in [1.82, 2.24) is 5.32 Å². The molecule has 108 valence electrons. The van der Waals surface area contributed by atoms with E-state index in [9.17, 15) is 4.79 Å². The van der Waals surface area contributed by atoms with E-state index in [0.717, 1.165) is 42.7 Å². The summed E-state index contributed by atoms with van der Waals surface area (Å²) >= 11 is 6.28. The van der Waals surface area contributed by atoms with E-state index in [-0.39, 0.29) is 16.9 Å². The van der Waals surface area contributed by atoms with Crippen LogP contribution in [0.25, 0.3) is 0 Å². The number of carbonyl (C=O) groups is 1. The third-order valence-electron chi connectivity index (χ3n) is 4.71. The molecule has 4 heteroatoms. The zero-order chi connectivity index (χ0) is 14.2. The van der Waals surface area contributed by atoms with Crippen LogP contribution in [0, 0.1) is 5.41 Å². The minimum absolute atomic E-state index is 0.128. The SMILES string of the molecule is COCC1(C(=O)NC2(c3ccccc3Cl)CC2)CCC1. The van der Waals surface area contributed by atoms with Gasteiger partial charge in [-0.05, 0) is 37.3 Å². The summed E-state index contributed by atoms with van der Waals surface area (Å²) in [4.78, 5) is 12.6. The normalized spacial score (nSPS) is 21.9. The van der Waals surface area contributed by atoms with Crippen molar-refractivity contribution in [3.63, 3.8) is 0 Å². The fourth-order valence-corrected chi connectivity index (χ4v) is 3.42. The summed E-state index contributed by atoms with van der Waals surface area (Å²) in [5.74, 6) is 0.128. The van der Waals surface area contributed by atoms with Gasteiger partial charge in [0.25, 0.3) is 0 Å². The second kappa shape index (κ2) is 5.05. The smallest absolute Gasteiger partial charge is 0.229 e. The van der Waals surface area contributed by atoms with Crippen molar-refractivity contribution in [2.75, 3.05) is 13.7 Å². The molecule has 1 amide bonds. The highest BCUT2D eigenvalue weighted by Crippen LogP contribution is 2.50. The van der Waals surface area contributed by atoms with Crippen LogP contribution in [0.2, 0.25) is 5.02 Å². The molecule has 2 aliphatic rings. The first kappa shape index (κ1) is 13.9. The number of hydrogen-bond donors (Lipinski definition) is 1. The minimum Gasteiger partial charge on any atom is -0.384 e. The Balaban J connectivity index is 1.77. The molecule has 1 aromatic carbocycles. The Morgan fingerprint density at radius 1 is 1.30 bits per heavy atom. The van der Waals surface area contributed by atoms with Gasteiger partial charge >= 0.3 is 0 Å². The summed E-state index contributed by atoms with van der Waals surface area (Å²) in [6.45, 7) is 0.511. The van der Waals surface area contributed by atoms with E-state index in [2.05, 4.69) is 5.32 Å². The van der Waals surface area contributed by atoms with Crippen LogP contribution >= 0.6 is 11.6 Å². The first-order valence-corrected chi connectivity index (χ1v) is 7.56. The van der Waals surface area contributed by atoms with Gasteiger partial charge in [0.05, 0.1) is 17.6 Å². The van der Waals surface area contributed by atoms with Crippen LogP contribution < -0.4 is 5.32 Å². The fourth-order valence-electron chi connectivity index (χ4n) is 3.10. The highest BCUT2D eigenvalue weighted by Gasteiger charge is 2.52. The average molecular weight is 294 g/mol. The summed E-state index contributed by atoms with van der Waals surface area (Å²) in [7, 11) is 1.66. The Bertz CT molecular complexity index is 521. The van der Waals surface area contributed by atoms with Crippen molar-refractivity contribution >= 4 is 17.5 Å². The Kier molecular flexibility index (Phi) is 3.51. The van der Waals surface area contributed by atoms with E-state index >= 15 is 0 Å². The number of hydrogen-bond acceptors (Lipinski definition) is 2. The van der Waals surface area contributed by atoms with Gasteiger partial charge in [-0.25, -0.2) is 0 Å². The topological polar surface area (TPSA) is 38.3 Å². The average Bonchev–Trinajstić information content (AvgIpc) is 3.14. The third-order valence-corrected chi connectivity index (χ3v) is 5.03. The lowest BCUT2D eigenvalue weighted by atomic mass is 9.68. The molecule has 0 aliphatic heterocycles. The molecule has 20 heavy (non-hydrogen) atoms. The van der Waals surface area contributed by atoms with E-state index in [0.29, 0.717) is 6.61 Å². The van der Waals surface area contributed by atoms with E-state index in [4.69, 9.17) is 16.3 Å². The molecule has 0 saturated heterocycles. The van der Waals surface area contributed by atoms with Crippen LogP contribution in [0.4, 0.5) is 0 Å². The van der Waals surface area contributed by atoms with E-state index in [1.165, 1.54) is 0 Å². The molecular weight excluding hydrogens is 274 g/mol. The number of halogens is 1. The van der Waals surface area contributed by atoms with E-state index in [1.54, 1.807) is 7.11 Å².